The molecule has 22 heavy (non-hydrogen) atoms. The smallest absolute Gasteiger partial charge is 0.138 e. The maximum atomic E-state index is 6.14. The van der Waals surface area contributed by atoms with Gasteiger partial charge in [-0.2, -0.15) is 0 Å². The molecule has 3 nitrogen and oxygen atoms in total. The summed E-state index contributed by atoms with van der Waals surface area (Å²) in [6, 6.07) is 2.38. The Morgan fingerprint density at radius 1 is 1.41 bits per heavy atom. The summed E-state index contributed by atoms with van der Waals surface area (Å²) in [6.07, 6.45) is 12.2. The lowest BCUT2D eigenvalue weighted by Crippen LogP contribution is -2.28. The first-order valence-corrected chi connectivity index (χ1v) is 8.19. The predicted octanol–water partition coefficient (Wildman–Crippen LogP) is 4.48. The minimum Gasteiger partial charge on any atom is -0.490 e. The molecule has 1 aromatic rings. The van der Waals surface area contributed by atoms with Crippen molar-refractivity contribution in [3.63, 3.8) is 0 Å². The Morgan fingerprint density at radius 3 is 2.91 bits per heavy atom. The molecule has 1 fully saturated rings. The topological polar surface area (TPSA) is 34.1 Å². The van der Waals surface area contributed by atoms with Gasteiger partial charge in [0.2, 0.25) is 0 Å². The second-order valence-electron chi connectivity index (χ2n) is 6.74. The summed E-state index contributed by atoms with van der Waals surface area (Å²) in [7, 11) is 0. The Hall–Kier alpha value is -1.32. The van der Waals surface area contributed by atoms with Crippen molar-refractivity contribution in [2.75, 3.05) is 13.2 Å². The van der Waals surface area contributed by atoms with Gasteiger partial charge in [0.25, 0.3) is 0 Å². The Balaban J connectivity index is 1.97. The average molecular weight is 321 g/mol. The van der Waals surface area contributed by atoms with Crippen LogP contribution < -0.4 is 10.1 Å². The molecule has 0 bridgehead atoms. The Bertz CT molecular complexity index is 541. The zero-order chi connectivity index (χ0) is 16.0. The zero-order valence-electron chi connectivity index (χ0n) is 13.6. The van der Waals surface area contributed by atoms with Crippen molar-refractivity contribution >= 4 is 17.7 Å². The van der Waals surface area contributed by atoms with Crippen LogP contribution in [0, 0.1) is 5.41 Å². The van der Waals surface area contributed by atoms with Crippen LogP contribution in [-0.2, 0) is 0 Å². The van der Waals surface area contributed by atoms with Gasteiger partial charge in [-0.25, -0.2) is 4.98 Å². The van der Waals surface area contributed by atoms with Crippen LogP contribution in [0.3, 0.4) is 0 Å². The largest absolute Gasteiger partial charge is 0.490 e. The third kappa shape index (κ3) is 5.82. The van der Waals surface area contributed by atoms with E-state index in [1.807, 2.05) is 24.3 Å². The van der Waals surface area contributed by atoms with Gasteiger partial charge in [0.15, 0.2) is 0 Å². The van der Waals surface area contributed by atoms with Crippen molar-refractivity contribution in [2.24, 2.45) is 5.41 Å². The first-order chi connectivity index (χ1) is 10.4. The van der Waals surface area contributed by atoms with Crippen LogP contribution in [0.2, 0.25) is 5.15 Å². The standard InChI is InChI=1S/C18H25ClN2O/c1-18(2,3)9-5-4-7-14-11-16(12-21-17(14)19)22-13-15-8-6-10-20-15/h4-5,7,9,11-12,15,20H,6,8,10,13H2,1-3H3/t15-/m0/s1. The highest BCUT2D eigenvalue weighted by Crippen LogP contribution is 2.21. The third-order valence-electron chi connectivity index (χ3n) is 3.44. The number of hydrogen-bond donors (Lipinski definition) is 1. The van der Waals surface area contributed by atoms with Gasteiger partial charge in [0, 0.05) is 11.6 Å². The fourth-order valence-corrected chi connectivity index (χ4v) is 2.41. The van der Waals surface area contributed by atoms with E-state index in [9.17, 15) is 0 Å². The monoisotopic (exact) mass is 320 g/mol. The van der Waals surface area contributed by atoms with Gasteiger partial charge in [-0.15, -0.1) is 0 Å². The molecule has 0 amide bonds. The fraction of sp³-hybridized carbons (Fsp3) is 0.500. The van der Waals surface area contributed by atoms with E-state index in [-0.39, 0.29) is 5.41 Å². The number of nitrogens with zero attached hydrogens (tertiary/aromatic N) is 1. The summed E-state index contributed by atoms with van der Waals surface area (Å²) < 4.78 is 5.81. The molecule has 1 N–H and O–H groups in total. The van der Waals surface area contributed by atoms with Crippen molar-refractivity contribution in [1.82, 2.24) is 10.3 Å². The van der Waals surface area contributed by atoms with Gasteiger partial charge in [0.05, 0.1) is 6.20 Å². The normalized spacial score (nSPS) is 19.4. The third-order valence-corrected chi connectivity index (χ3v) is 3.75. The molecule has 1 saturated heterocycles. The van der Waals surface area contributed by atoms with Crippen molar-refractivity contribution in [3.8, 4) is 5.75 Å². The highest BCUT2D eigenvalue weighted by molar-refractivity contribution is 6.30. The molecule has 0 spiro atoms. The van der Waals surface area contributed by atoms with E-state index < -0.39 is 0 Å². The van der Waals surface area contributed by atoms with E-state index in [1.54, 1.807) is 6.20 Å². The molecule has 0 aliphatic carbocycles. The quantitative estimate of drug-likeness (QED) is 0.641. The molecule has 1 atom stereocenters. The lowest BCUT2D eigenvalue weighted by atomic mass is 9.96. The van der Waals surface area contributed by atoms with Crippen LogP contribution in [0.15, 0.2) is 30.5 Å². The summed E-state index contributed by atoms with van der Waals surface area (Å²) in [6.45, 7) is 8.25. The first-order valence-electron chi connectivity index (χ1n) is 7.82. The SMILES string of the molecule is CC(C)(C)C=CC=Cc1cc(OC[C@@H]2CCCN2)cnc1Cl. The highest BCUT2D eigenvalue weighted by atomic mass is 35.5. The zero-order valence-corrected chi connectivity index (χ0v) is 14.4. The number of allylic oxidation sites excluding steroid dienone is 3. The molecule has 0 aromatic carbocycles. The van der Waals surface area contributed by atoms with Gasteiger partial charge in [-0.05, 0) is 30.9 Å². The number of ether oxygens (including phenoxy) is 1. The number of hydrogen-bond acceptors (Lipinski definition) is 3. The number of halogens is 1. The highest BCUT2D eigenvalue weighted by Gasteiger charge is 2.14. The molecule has 1 aromatic heterocycles. The minimum absolute atomic E-state index is 0.172. The maximum absolute atomic E-state index is 6.14. The van der Waals surface area contributed by atoms with Gasteiger partial charge >= 0.3 is 0 Å². The summed E-state index contributed by atoms with van der Waals surface area (Å²) in [4.78, 5) is 4.20. The molecule has 4 heteroatoms. The molecule has 2 heterocycles. The fourth-order valence-electron chi connectivity index (χ4n) is 2.24. The Morgan fingerprint density at radius 2 is 2.23 bits per heavy atom. The van der Waals surface area contributed by atoms with Crippen molar-refractivity contribution < 1.29 is 4.74 Å². The molecule has 0 unspecified atom stereocenters. The van der Waals surface area contributed by atoms with Gasteiger partial charge in [0.1, 0.15) is 17.5 Å². The first kappa shape index (κ1) is 17.0. The van der Waals surface area contributed by atoms with Crippen molar-refractivity contribution in [1.29, 1.82) is 0 Å². The van der Waals surface area contributed by atoms with Crippen molar-refractivity contribution in [2.45, 2.75) is 39.7 Å². The van der Waals surface area contributed by atoms with Crippen LogP contribution in [0.1, 0.15) is 39.2 Å². The van der Waals surface area contributed by atoms with E-state index in [1.165, 1.54) is 12.8 Å². The summed E-state index contributed by atoms with van der Waals surface area (Å²) >= 11 is 6.14. The predicted molar refractivity (Wildman–Crippen MR) is 93.4 cm³/mol. The average Bonchev–Trinajstić information content (AvgIpc) is 2.96. The van der Waals surface area contributed by atoms with Crippen molar-refractivity contribution in [3.05, 3.63) is 41.2 Å². The van der Waals surface area contributed by atoms with Crippen LogP contribution >= 0.6 is 11.6 Å². The molecule has 1 aliphatic rings. The van der Waals surface area contributed by atoms with E-state index in [2.05, 4.69) is 37.1 Å². The molecule has 120 valence electrons. The summed E-state index contributed by atoms with van der Waals surface area (Å²) in [5, 5.41) is 3.91. The Kier molecular flexibility index (Phi) is 6.04. The van der Waals surface area contributed by atoms with E-state index >= 15 is 0 Å². The Labute approximate surface area is 138 Å². The van der Waals surface area contributed by atoms with Crippen LogP contribution in [0.25, 0.3) is 6.08 Å². The van der Waals surface area contributed by atoms with E-state index in [0.717, 1.165) is 17.9 Å². The molecular weight excluding hydrogens is 296 g/mol. The second kappa shape index (κ2) is 7.80. The second-order valence-corrected chi connectivity index (χ2v) is 7.10. The van der Waals surface area contributed by atoms with Gasteiger partial charge in [-0.3, -0.25) is 0 Å². The minimum atomic E-state index is 0.172. The van der Waals surface area contributed by atoms with Crippen LogP contribution in [-0.4, -0.2) is 24.2 Å². The lowest BCUT2D eigenvalue weighted by molar-refractivity contribution is 0.276. The molecule has 2 rings (SSSR count). The molecule has 0 radical (unpaired) electrons. The summed E-state index contributed by atoms with van der Waals surface area (Å²) in [5.74, 6) is 0.762. The van der Waals surface area contributed by atoms with E-state index in [0.29, 0.717) is 17.8 Å². The number of rotatable bonds is 5. The lowest BCUT2D eigenvalue weighted by Gasteiger charge is -2.12. The van der Waals surface area contributed by atoms with E-state index in [4.69, 9.17) is 16.3 Å². The van der Waals surface area contributed by atoms with Crippen LogP contribution in [0.4, 0.5) is 0 Å². The number of aromatic nitrogens is 1. The van der Waals surface area contributed by atoms with Gasteiger partial charge < -0.3 is 10.1 Å². The van der Waals surface area contributed by atoms with Gasteiger partial charge in [-0.1, -0.05) is 56.7 Å². The molecule has 1 aliphatic heterocycles. The van der Waals surface area contributed by atoms with Crippen LogP contribution in [0.5, 0.6) is 5.75 Å². The number of nitrogens with one attached hydrogen (secondary N) is 1. The number of pyridine rings is 1. The molecule has 0 saturated carbocycles. The summed E-state index contributed by atoms with van der Waals surface area (Å²) in [5.41, 5.74) is 1.04. The molecular formula is C18H25ClN2O. The maximum Gasteiger partial charge on any atom is 0.138 e.